The minimum Gasteiger partial charge on any atom is -0.467 e. The highest BCUT2D eigenvalue weighted by Gasteiger charge is 2.21. The van der Waals surface area contributed by atoms with Crippen molar-refractivity contribution < 1.29 is 9.15 Å². The number of ether oxygens (including phenoxy) is 1. The van der Waals surface area contributed by atoms with Crippen LogP contribution < -0.4 is 5.32 Å². The third-order valence-electron chi connectivity index (χ3n) is 4.36. The second kappa shape index (κ2) is 8.60. The van der Waals surface area contributed by atoms with Gasteiger partial charge in [0.05, 0.1) is 12.4 Å². The van der Waals surface area contributed by atoms with E-state index in [9.17, 15) is 0 Å². The van der Waals surface area contributed by atoms with Gasteiger partial charge in [-0.05, 0) is 37.3 Å². The smallest absolute Gasteiger partial charge is 0.129 e. The molecule has 1 aromatic heterocycles. The fraction of sp³-hybridized carbons (Fsp3) is 0.778. The molecule has 1 aliphatic carbocycles. The fourth-order valence-electron chi connectivity index (χ4n) is 3.06. The van der Waals surface area contributed by atoms with Gasteiger partial charge in [0.1, 0.15) is 12.4 Å². The summed E-state index contributed by atoms with van der Waals surface area (Å²) in [5.74, 6) is 2.49. The van der Waals surface area contributed by atoms with Crippen LogP contribution >= 0.6 is 0 Å². The van der Waals surface area contributed by atoms with Crippen molar-refractivity contribution in [2.75, 3.05) is 6.54 Å². The van der Waals surface area contributed by atoms with Gasteiger partial charge in [-0.1, -0.05) is 40.0 Å². The molecule has 2 rings (SSSR count). The topological polar surface area (TPSA) is 34.4 Å². The maximum atomic E-state index is 6.04. The van der Waals surface area contributed by atoms with E-state index in [2.05, 4.69) is 32.2 Å². The average molecular weight is 293 g/mol. The molecule has 3 nitrogen and oxygen atoms in total. The zero-order chi connectivity index (χ0) is 15.1. The summed E-state index contributed by atoms with van der Waals surface area (Å²) in [5, 5.41) is 3.43. The SMILES string of the molecule is CCC1CCCC(OCc2cc(CNCC(C)C)co2)C1. The molecular weight excluding hydrogens is 262 g/mol. The quantitative estimate of drug-likeness (QED) is 0.765. The van der Waals surface area contributed by atoms with E-state index >= 15 is 0 Å². The van der Waals surface area contributed by atoms with Crippen molar-refractivity contribution >= 4 is 0 Å². The maximum Gasteiger partial charge on any atom is 0.129 e. The Kier molecular flexibility index (Phi) is 6.78. The molecule has 1 heterocycles. The predicted octanol–water partition coefficient (Wildman–Crippen LogP) is 4.51. The van der Waals surface area contributed by atoms with Gasteiger partial charge in [0.25, 0.3) is 0 Å². The van der Waals surface area contributed by atoms with Gasteiger partial charge in [-0.3, -0.25) is 0 Å². The minimum atomic E-state index is 0.427. The van der Waals surface area contributed by atoms with Gasteiger partial charge in [-0.2, -0.15) is 0 Å². The molecule has 0 saturated heterocycles. The van der Waals surface area contributed by atoms with Gasteiger partial charge in [-0.15, -0.1) is 0 Å². The number of furan rings is 1. The molecule has 120 valence electrons. The van der Waals surface area contributed by atoms with E-state index in [1.165, 1.54) is 37.7 Å². The summed E-state index contributed by atoms with van der Waals surface area (Å²) in [6.07, 6.45) is 8.68. The van der Waals surface area contributed by atoms with E-state index in [0.29, 0.717) is 18.6 Å². The summed E-state index contributed by atoms with van der Waals surface area (Å²) in [6.45, 7) is 9.26. The average Bonchev–Trinajstić information content (AvgIpc) is 2.93. The summed E-state index contributed by atoms with van der Waals surface area (Å²) >= 11 is 0. The molecule has 0 spiro atoms. The normalized spacial score (nSPS) is 22.9. The van der Waals surface area contributed by atoms with Crippen molar-refractivity contribution in [1.29, 1.82) is 0 Å². The molecule has 0 bridgehead atoms. The van der Waals surface area contributed by atoms with Crippen molar-refractivity contribution in [3.63, 3.8) is 0 Å². The van der Waals surface area contributed by atoms with Crippen LogP contribution in [0.2, 0.25) is 0 Å². The number of hydrogen-bond acceptors (Lipinski definition) is 3. The van der Waals surface area contributed by atoms with E-state index in [0.717, 1.165) is 24.8 Å². The van der Waals surface area contributed by atoms with Crippen molar-refractivity contribution in [1.82, 2.24) is 5.32 Å². The second-order valence-corrected chi connectivity index (χ2v) is 6.82. The molecule has 1 N–H and O–H groups in total. The Morgan fingerprint density at radius 2 is 2.24 bits per heavy atom. The molecule has 1 fully saturated rings. The first-order valence-corrected chi connectivity index (χ1v) is 8.56. The van der Waals surface area contributed by atoms with Crippen LogP contribution in [0.15, 0.2) is 16.7 Å². The zero-order valence-electron chi connectivity index (χ0n) is 13.9. The third kappa shape index (κ3) is 5.84. The molecule has 3 heteroatoms. The molecule has 2 atom stereocenters. The van der Waals surface area contributed by atoms with Crippen LogP contribution in [0, 0.1) is 11.8 Å². The van der Waals surface area contributed by atoms with Crippen LogP contribution in [0.5, 0.6) is 0 Å². The van der Waals surface area contributed by atoms with Crippen LogP contribution in [-0.4, -0.2) is 12.6 Å². The first-order valence-electron chi connectivity index (χ1n) is 8.56. The lowest BCUT2D eigenvalue weighted by molar-refractivity contribution is -0.00533. The summed E-state index contributed by atoms with van der Waals surface area (Å²) in [6, 6.07) is 2.12. The lowest BCUT2D eigenvalue weighted by atomic mass is 9.85. The molecule has 0 aliphatic heterocycles. The summed E-state index contributed by atoms with van der Waals surface area (Å²) in [5.41, 5.74) is 1.21. The molecule has 2 unspecified atom stereocenters. The summed E-state index contributed by atoms with van der Waals surface area (Å²) in [7, 11) is 0. The van der Waals surface area contributed by atoms with Crippen LogP contribution in [0.4, 0.5) is 0 Å². The minimum absolute atomic E-state index is 0.427. The standard InChI is InChI=1S/C18H31NO2/c1-4-15-6-5-7-17(8-15)21-13-18-9-16(12-20-18)11-19-10-14(2)3/h9,12,14-15,17,19H,4-8,10-11,13H2,1-3H3. The first-order chi connectivity index (χ1) is 10.2. The maximum absolute atomic E-state index is 6.04. The molecule has 0 aromatic carbocycles. The molecule has 1 aliphatic rings. The van der Waals surface area contributed by atoms with Gasteiger partial charge in [-0.25, -0.2) is 0 Å². The molecule has 0 radical (unpaired) electrons. The Balaban J connectivity index is 1.70. The summed E-state index contributed by atoms with van der Waals surface area (Å²) < 4.78 is 11.6. The van der Waals surface area contributed by atoms with E-state index < -0.39 is 0 Å². The monoisotopic (exact) mass is 293 g/mol. The van der Waals surface area contributed by atoms with E-state index in [1.54, 1.807) is 0 Å². The van der Waals surface area contributed by atoms with Crippen LogP contribution in [0.25, 0.3) is 0 Å². The zero-order valence-corrected chi connectivity index (χ0v) is 13.9. The third-order valence-corrected chi connectivity index (χ3v) is 4.36. The molecule has 1 saturated carbocycles. The van der Waals surface area contributed by atoms with Crippen LogP contribution in [-0.2, 0) is 17.9 Å². The van der Waals surface area contributed by atoms with Crippen molar-refractivity contribution in [3.8, 4) is 0 Å². The first kappa shape index (κ1) is 16.6. The van der Waals surface area contributed by atoms with Gasteiger partial charge < -0.3 is 14.5 Å². The lowest BCUT2D eigenvalue weighted by Gasteiger charge is -2.28. The lowest BCUT2D eigenvalue weighted by Crippen LogP contribution is -2.22. The Bertz CT molecular complexity index is 400. The number of hydrogen-bond donors (Lipinski definition) is 1. The highest BCUT2D eigenvalue weighted by molar-refractivity contribution is 5.12. The van der Waals surface area contributed by atoms with Crippen molar-refractivity contribution in [3.05, 3.63) is 23.7 Å². The Labute approximate surface area is 129 Å². The molecular formula is C18H31NO2. The highest BCUT2D eigenvalue weighted by atomic mass is 16.5. The van der Waals surface area contributed by atoms with Crippen LogP contribution in [0.3, 0.4) is 0 Å². The predicted molar refractivity (Wildman–Crippen MR) is 86.1 cm³/mol. The Hall–Kier alpha value is -0.800. The van der Waals surface area contributed by atoms with Gasteiger partial charge in [0.15, 0.2) is 0 Å². The van der Waals surface area contributed by atoms with Gasteiger partial charge in [0.2, 0.25) is 0 Å². The highest BCUT2D eigenvalue weighted by Crippen LogP contribution is 2.29. The number of rotatable bonds is 8. The molecule has 1 aromatic rings. The Morgan fingerprint density at radius 1 is 1.38 bits per heavy atom. The number of nitrogens with one attached hydrogen (secondary N) is 1. The van der Waals surface area contributed by atoms with Crippen LogP contribution in [0.1, 0.15) is 64.2 Å². The Morgan fingerprint density at radius 3 is 3.00 bits per heavy atom. The van der Waals surface area contributed by atoms with Crippen molar-refractivity contribution in [2.24, 2.45) is 11.8 Å². The van der Waals surface area contributed by atoms with Gasteiger partial charge in [0, 0.05) is 12.1 Å². The van der Waals surface area contributed by atoms with E-state index in [-0.39, 0.29) is 0 Å². The van der Waals surface area contributed by atoms with Gasteiger partial charge >= 0.3 is 0 Å². The largest absolute Gasteiger partial charge is 0.467 e. The fourth-order valence-corrected chi connectivity index (χ4v) is 3.06. The van der Waals surface area contributed by atoms with Crippen molar-refractivity contribution in [2.45, 2.75) is 72.1 Å². The molecule has 21 heavy (non-hydrogen) atoms. The van der Waals surface area contributed by atoms with E-state index in [1.807, 2.05) is 6.26 Å². The second-order valence-electron chi connectivity index (χ2n) is 6.82. The molecule has 0 amide bonds. The summed E-state index contributed by atoms with van der Waals surface area (Å²) in [4.78, 5) is 0. The van der Waals surface area contributed by atoms with E-state index in [4.69, 9.17) is 9.15 Å².